The van der Waals surface area contributed by atoms with Gasteiger partial charge in [0.05, 0.1) is 6.61 Å². The highest BCUT2D eigenvalue weighted by atomic mass is 16.5. The van der Waals surface area contributed by atoms with Gasteiger partial charge in [-0.25, -0.2) is 9.97 Å². The number of nitrogens with zero attached hydrogens (tertiary/aromatic N) is 3. The van der Waals surface area contributed by atoms with E-state index in [-0.39, 0.29) is 0 Å². The van der Waals surface area contributed by atoms with Crippen molar-refractivity contribution in [2.24, 2.45) is 0 Å². The predicted octanol–water partition coefficient (Wildman–Crippen LogP) is 2.16. The van der Waals surface area contributed by atoms with E-state index in [1.807, 2.05) is 6.07 Å². The first-order valence-electron chi connectivity index (χ1n) is 7.11. The highest BCUT2D eigenvalue weighted by Crippen LogP contribution is 2.26. The van der Waals surface area contributed by atoms with E-state index in [1.165, 1.54) is 12.8 Å². The normalized spacial score (nSPS) is 16.4. The van der Waals surface area contributed by atoms with Gasteiger partial charge in [0, 0.05) is 24.7 Å². The Morgan fingerprint density at radius 1 is 1.47 bits per heavy atom. The third kappa shape index (κ3) is 4.35. The van der Waals surface area contributed by atoms with E-state index in [1.54, 1.807) is 6.33 Å². The van der Waals surface area contributed by atoms with Crippen molar-refractivity contribution in [1.82, 2.24) is 14.9 Å². The summed E-state index contributed by atoms with van der Waals surface area (Å²) in [6.07, 6.45) is 5.20. The van der Waals surface area contributed by atoms with Gasteiger partial charge in [-0.05, 0) is 33.2 Å². The van der Waals surface area contributed by atoms with Crippen LogP contribution in [0.3, 0.4) is 0 Å². The molecule has 0 aromatic carbocycles. The maximum atomic E-state index is 5.50. The van der Waals surface area contributed by atoms with Crippen molar-refractivity contribution in [2.75, 3.05) is 25.5 Å². The number of ether oxygens (including phenoxy) is 1. The molecule has 2 rings (SSSR count). The number of aromatic nitrogens is 2. The summed E-state index contributed by atoms with van der Waals surface area (Å²) in [7, 11) is 2.19. The zero-order valence-electron chi connectivity index (χ0n) is 12.1. The summed E-state index contributed by atoms with van der Waals surface area (Å²) in [6.45, 7) is 5.89. The molecule has 0 aliphatic heterocycles. The molecule has 5 nitrogen and oxygen atoms in total. The van der Waals surface area contributed by atoms with Crippen molar-refractivity contribution >= 4 is 5.82 Å². The van der Waals surface area contributed by atoms with Crippen molar-refractivity contribution in [1.29, 1.82) is 0 Å². The first-order chi connectivity index (χ1) is 9.20. The molecule has 1 heterocycles. The maximum absolute atomic E-state index is 5.50. The van der Waals surface area contributed by atoms with E-state index in [9.17, 15) is 0 Å². The van der Waals surface area contributed by atoms with Crippen molar-refractivity contribution in [2.45, 2.75) is 45.2 Å². The van der Waals surface area contributed by atoms with Crippen molar-refractivity contribution < 1.29 is 4.74 Å². The van der Waals surface area contributed by atoms with Crippen LogP contribution in [0.4, 0.5) is 5.82 Å². The second kappa shape index (κ2) is 6.70. The standard InChI is InChI=1S/C14H24N4O/c1-4-7-19-14-8-13(16-10-17-14)15-9-11(2)18(3)12-5-6-12/h8,10-12H,4-7,9H2,1-3H3,(H,15,16,17). The van der Waals surface area contributed by atoms with Crippen molar-refractivity contribution in [3.8, 4) is 5.88 Å². The molecule has 0 bridgehead atoms. The fourth-order valence-electron chi connectivity index (χ4n) is 1.96. The Bertz CT molecular complexity index is 395. The van der Waals surface area contributed by atoms with E-state index >= 15 is 0 Å². The molecule has 0 saturated heterocycles. The largest absolute Gasteiger partial charge is 0.478 e. The second-order valence-electron chi connectivity index (χ2n) is 5.22. The Labute approximate surface area is 115 Å². The van der Waals surface area contributed by atoms with E-state index in [4.69, 9.17) is 4.74 Å². The van der Waals surface area contributed by atoms with Gasteiger partial charge in [0.15, 0.2) is 0 Å². The molecule has 1 aromatic rings. The fraction of sp³-hybridized carbons (Fsp3) is 0.714. The van der Waals surface area contributed by atoms with Crippen LogP contribution in [0.15, 0.2) is 12.4 Å². The molecule has 1 aromatic heterocycles. The highest BCUT2D eigenvalue weighted by Gasteiger charge is 2.28. The van der Waals surface area contributed by atoms with Crippen molar-refractivity contribution in [3.63, 3.8) is 0 Å². The molecule has 1 N–H and O–H groups in total. The molecule has 106 valence electrons. The topological polar surface area (TPSA) is 50.3 Å². The monoisotopic (exact) mass is 264 g/mol. The predicted molar refractivity (Wildman–Crippen MR) is 76.6 cm³/mol. The zero-order valence-corrected chi connectivity index (χ0v) is 12.1. The van der Waals surface area contributed by atoms with Gasteiger partial charge < -0.3 is 10.1 Å². The lowest BCUT2D eigenvalue weighted by atomic mass is 10.3. The number of likely N-dealkylation sites (N-methyl/N-ethyl adjacent to an activating group) is 1. The first kappa shape index (κ1) is 14.1. The van der Waals surface area contributed by atoms with Gasteiger partial charge in [0.1, 0.15) is 12.1 Å². The minimum atomic E-state index is 0.502. The molecule has 1 aliphatic rings. The van der Waals surface area contributed by atoms with Gasteiger partial charge >= 0.3 is 0 Å². The smallest absolute Gasteiger partial charge is 0.218 e. The molecule has 0 radical (unpaired) electrons. The van der Waals surface area contributed by atoms with Crippen LogP contribution in [-0.4, -0.2) is 47.2 Å². The summed E-state index contributed by atoms with van der Waals surface area (Å²) in [5, 5.41) is 3.35. The quantitative estimate of drug-likeness (QED) is 0.779. The Hall–Kier alpha value is -1.36. The minimum absolute atomic E-state index is 0.502. The first-order valence-corrected chi connectivity index (χ1v) is 7.11. The number of hydrogen-bond acceptors (Lipinski definition) is 5. The minimum Gasteiger partial charge on any atom is -0.478 e. The molecule has 1 unspecified atom stereocenters. The van der Waals surface area contributed by atoms with Gasteiger partial charge in [-0.15, -0.1) is 0 Å². The van der Waals surface area contributed by atoms with E-state index in [0.29, 0.717) is 18.5 Å². The SMILES string of the molecule is CCCOc1cc(NCC(C)N(C)C2CC2)ncn1. The molecule has 1 fully saturated rings. The third-order valence-electron chi connectivity index (χ3n) is 3.49. The van der Waals surface area contributed by atoms with Crippen LogP contribution in [-0.2, 0) is 0 Å². The molecule has 19 heavy (non-hydrogen) atoms. The van der Waals surface area contributed by atoms with Gasteiger partial charge in [0.25, 0.3) is 0 Å². The molecule has 0 spiro atoms. The number of rotatable bonds is 8. The summed E-state index contributed by atoms with van der Waals surface area (Å²) in [6, 6.07) is 3.15. The number of anilines is 1. The number of hydrogen-bond donors (Lipinski definition) is 1. The van der Waals surface area contributed by atoms with Crippen LogP contribution in [0.25, 0.3) is 0 Å². The van der Waals surface area contributed by atoms with Crippen LogP contribution >= 0.6 is 0 Å². The molecule has 1 saturated carbocycles. The van der Waals surface area contributed by atoms with E-state index < -0.39 is 0 Å². The number of nitrogens with one attached hydrogen (secondary N) is 1. The summed E-state index contributed by atoms with van der Waals surface area (Å²) >= 11 is 0. The van der Waals surface area contributed by atoms with Crippen LogP contribution in [0.2, 0.25) is 0 Å². The van der Waals surface area contributed by atoms with Crippen LogP contribution in [0.1, 0.15) is 33.1 Å². The molecule has 1 aliphatic carbocycles. The van der Waals surface area contributed by atoms with Crippen LogP contribution in [0.5, 0.6) is 5.88 Å². The molecule has 0 amide bonds. The van der Waals surface area contributed by atoms with Gasteiger partial charge in [-0.3, -0.25) is 4.90 Å². The Kier molecular flexibility index (Phi) is 4.96. The summed E-state index contributed by atoms with van der Waals surface area (Å²) in [4.78, 5) is 10.7. The van der Waals surface area contributed by atoms with E-state index in [0.717, 1.165) is 24.8 Å². The van der Waals surface area contributed by atoms with Crippen molar-refractivity contribution in [3.05, 3.63) is 12.4 Å². The van der Waals surface area contributed by atoms with Crippen LogP contribution in [0, 0.1) is 0 Å². The second-order valence-corrected chi connectivity index (χ2v) is 5.22. The summed E-state index contributed by atoms with van der Waals surface area (Å²) in [5.41, 5.74) is 0. The average Bonchev–Trinajstić information content (AvgIpc) is 3.26. The lowest BCUT2D eigenvalue weighted by Crippen LogP contribution is -2.36. The Morgan fingerprint density at radius 2 is 2.26 bits per heavy atom. The lowest BCUT2D eigenvalue weighted by Gasteiger charge is -2.24. The molecular weight excluding hydrogens is 240 g/mol. The molecular formula is C14H24N4O. The zero-order chi connectivity index (χ0) is 13.7. The highest BCUT2D eigenvalue weighted by molar-refractivity contribution is 5.37. The third-order valence-corrected chi connectivity index (χ3v) is 3.49. The fourth-order valence-corrected chi connectivity index (χ4v) is 1.96. The lowest BCUT2D eigenvalue weighted by molar-refractivity contribution is 0.257. The van der Waals surface area contributed by atoms with Crippen LogP contribution < -0.4 is 10.1 Å². The van der Waals surface area contributed by atoms with Gasteiger partial charge in [0.2, 0.25) is 5.88 Å². The van der Waals surface area contributed by atoms with E-state index in [2.05, 4.69) is 41.1 Å². The molecule has 1 atom stereocenters. The average molecular weight is 264 g/mol. The van der Waals surface area contributed by atoms with Gasteiger partial charge in [-0.1, -0.05) is 6.92 Å². The Morgan fingerprint density at radius 3 is 2.95 bits per heavy atom. The van der Waals surface area contributed by atoms with Gasteiger partial charge in [-0.2, -0.15) is 0 Å². The summed E-state index contributed by atoms with van der Waals surface area (Å²) < 4.78 is 5.50. The Balaban J connectivity index is 1.81. The maximum Gasteiger partial charge on any atom is 0.218 e. The molecule has 5 heteroatoms. The summed E-state index contributed by atoms with van der Waals surface area (Å²) in [5.74, 6) is 1.47.